The minimum absolute atomic E-state index is 0.0646. The van der Waals surface area contributed by atoms with Gasteiger partial charge in [-0.2, -0.15) is 0 Å². The number of sulfonamides is 1. The SMILES string of the molecule is N[C@H](c1ccccc1)S(=O)(=O)NC1CCCC1. The Bertz CT molecular complexity index is 453. The van der Waals surface area contributed by atoms with Crippen LogP contribution in [0.25, 0.3) is 0 Å². The minimum atomic E-state index is -3.47. The molecule has 1 aromatic rings. The van der Waals surface area contributed by atoms with Gasteiger partial charge in [0.25, 0.3) is 0 Å². The van der Waals surface area contributed by atoms with Crippen LogP contribution >= 0.6 is 0 Å². The fourth-order valence-electron chi connectivity index (χ4n) is 2.17. The first-order valence-electron chi connectivity index (χ1n) is 5.91. The average Bonchev–Trinajstić information content (AvgIpc) is 2.81. The van der Waals surface area contributed by atoms with E-state index in [4.69, 9.17) is 5.73 Å². The van der Waals surface area contributed by atoms with Gasteiger partial charge < -0.3 is 5.73 Å². The number of hydrogen-bond acceptors (Lipinski definition) is 3. The van der Waals surface area contributed by atoms with Gasteiger partial charge in [0.15, 0.2) is 0 Å². The molecule has 1 fully saturated rings. The van der Waals surface area contributed by atoms with E-state index in [1.54, 1.807) is 24.3 Å². The molecule has 1 aliphatic rings. The van der Waals surface area contributed by atoms with Gasteiger partial charge >= 0.3 is 0 Å². The summed E-state index contributed by atoms with van der Waals surface area (Å²) in [5, 5.41) is -0.982. The summed E-state index contributed by atoms with van der Waals surface area (Å²) >= 11 is 0. The van der Waals surface area contributed by atoms with Crippen molar-refractivity contribution >= 4 is 10.0 Å². The summed E-state index contributed by atoms with van der Waals surface area (Å²) in [6.45, 7) is 0. The zero-order valence-electron chi connectivity index (χ0n) is 9.67. The van der Waals surface area contributed by atoms with E-state index in [0.717, 1.165) is 25.7 Å². The smallest absolute Gasteiger partial charge is 0.232 e. The fourth-order valence-corrected chi connectivity index (χ4v) is 3.53. The maximum absolute atomic E-state index is 12.1. The zero-order chi connectivity index (χ0) is 12.3. The van der Waals surface area contributed by atoms with Crippen molar-refractivity contribution in [3.63, 3.8) is 0 Å². The summed E-state index contributed by atoms with van der Waals surface area (Å²) in [5.74, 6) is 0. The molecule has 0 aromatic heterocycles. The molecule has 2 rings (SSSR count). The van der Waals surface area contributed by atoms with Crippen LogP contribution in [0.15, 0.2) is 30.3 Å². The highest BCUT2D eigenvalue weighted by molar-refractivity contribution is 7.89. The second-order valence-electron chi connectivity index (χ2n) is 4.48. The second-order valence-corrected chi connectivity index (χ2v) is 6.31. The molecular weight excluding hydrogens is 236 g/mol. The van der Waals surface area contributed by atoms with Crippen LogP contribution in [0, 0.1) is 0 Å². The molecule has 0 radical (unpaired) electrons. The van der Waals surface area contributed by atoms with Crippen LogP contribution in [0.3, 0.4) is 0 Å². The Morgan fingerprint density at radius 2 is 1.76 bits per heavy atom. The van der Waals surface area contributed by atoms with E-state index < -0.39 is 15.4 Å². The zero-order valence-corrected chi connectivity index (χ0v) is 10.5. The van der Waals surface area contributed by atoms with Crippen LogP contribution in [-0.4, -0.2) is 14.5 Å². The molecule has 1 atom stereocenters. The third-order valence-electron chi connectivity index (χ3n) is 3.15. The topological polar surface area (TPSA) is 72.2 Å². The molecule has 17 heavy (non-hydrogen) atoms. The van der Waals surface area contributed by atoms with Gasteiger partial charge in [-0.3, -0.25) is 0 Å². The van der Waals surface area contributed by atoms with Crippen LogP contribution in [-0.2, 0) is 10.0 Å². The first-order valence-corrected chi connectivity index (χ1v) is 7.46. The molecule has 1 aliphatic carbocycles. The second kappa shape index (κ2) is 5.16. The van der Waals surface area contributed by atoms with Gasteiger partial charge in [0.1, 0.15) is 5.37 Å². The Kier molecular flexibility index (Phi) is 3.81. The van der Waals surface area contributed by atoms with Crippen molar-refractivity contribution in [2.75, 3.05) is 0 Å². The van der Waals surface area contributed by atoms with Gasteiger partial charge in [-0.25, -0.2) is 13.1 Å². The van der Waals surface area contributed by atoms with Crippen molar-refractivity contribution in [1.82, 2.24) is 4.72 Å². The quantitative estimate of drug-likeness (QED) is 0.855. The maximum Gasteiger partial charge on any atom is 0.232 e. The van der Waals surface area contributed by atoms with Gasteiger partial charge in [0.05, 0.1) is 0 Å². The minimum Gasteiger partial charge on any atom is -0.310 e. The molecule has 0 spiro atoms. The molecule has 0 heterocycles. The van der Waals surface area contributed by atoms with Crippen LogP contribution in [0.4, 0.5) is 0 Å². The lowest BCUT2D eigenvalue weighted by Crippen LogP contribution is -2.39. The lowest BCUT2D eigenvalue weighted by Gasteiger charge is -2.17. The normalized spacial score (nSPS) is 19.4. The third kappa shape index (κ3) is 3.06. The van der Waals surface area contributed by atoms with E-state index >= 15 is 0 Å². The Morgan fingerprint density at radius 3 is 2.35 bits per heavy atom. The lowest BCUT2D eigenvalue weighted by atomic mass is 10.2. The number of rotatable bonds is 4. The van der Waals surface area contributed by atoms with Crippen LogP contribution < -0.4 is 10.5 Å². The number of nitrogens with two attached hydrogens (primary N) is 1. The summed E-state index contributed by atoms with van der Waals surface area (Å²) in [6.07, 6.45) is 4.02. The van der Waals surface area contributed by atoms with E-state index in [-0.39, 0.29) is 6.04 Å². The monoisotopic (exact) mass is 254 g/mol. The number of benzene rings is 1. The molecule has 1 aromatic carbocycles. The molecule has 0 bridgehead atoms. The highest BCUT2D eigenvalue weighted by Crippen LogP contribution is 2.21. The van der Waals surface area contributed by atoms with Crippen molar-refractivity contribution in [2.45, 2.75) is 37.1 Å². The molecule has 1 saturated carbocycles. The van der Waals surface area contributed by atoms with E-state index in [0.29, 0.717) is 5.56 Å². The maximum atomic E-state index is 12.1. The van der Waals surface area contributed by atoms with E-state index in [1.807, 2.05) is 6.07 Å². The van der Waals surface area contributed by atoms with E-state index in [9.17, 15) is 8.42 Å². The van der Waals surface area contributed by atoms with Gasteiger partial charge in [-0.1, -0.05) is 43.2 Å². The average molecular weight is 254 g/mol. The molecule has 3 N–H and O–H groups in total. The predicted molar refractivity (Wildman–Crippen MR) is 67.7 cm³/mol. The van der Waals surface area contributed by atoms with Crippen molar-refractivity contribution < 1.29 is 8.42 Å². The first kappa shape index (κ1) is 12.5. The molecular formula is C12H18N2O2S. The van der Waals surface area contributed by atoms with Gasteiger partial charge in [-0.05, 0) is 18.4 Å². The Hall–Kier alpha value is -0.910. The summed E-state index contributed by atoms with van der Waals surface area (Å²) < 4.78 is 26.8. The van der Waals surface area contributed by atoms with Crippen molar-refractivity contribution in [2.24, 2.45) is 5.73 Å². The Labute approximate surface area is 102 Å². The molecule has 0 unspecified atom stereocenters. The van der Waals surface area contributed by atoms with Gasteiger partial charge in [0, 0.05) is 6.04 Å². The lowest BCUT2D eigenvalue weighted by molar-refractivity contribution is 0.541. The van der Waals surface area contributed by atoms with Crippen LogP contribution in [0.5, 0.6) is 0 Å². The predicted octanol–water partition coefficient (Wildman–Crippen LogP) is 1.51. The highest BCUT2D eigenvalue weighted by Gasteiger charge is 2.27. The summed E-state index contributed by atoms with van der Waals surface area (Å²) in [5.41, 5.74) is 6.42. The van der Waals surface area contributed by atoms with Gasteiger partial charge in [0.2, 0.25) is 10.0 Å². The van der Waals surface area contributed by atoms with Crippen molar-refractivity contribution in [3.05, 3.63) is 35.9 Å². The Morgan fingerprint density at radius 1 is 1.18 bits per heavy atom. The number of nitrogens with one attached hydrogen (secondary N) is 1. The van der Waals surface area contributed by atoms with Crippen LogP contribution in [0.2, 0.25) is 0 Å². The largest absolute Gasteiger partial charge is 0.310 e. The highest BCUT2D eigenvalue weighted by atomic mass is 32.2. The van der Waals surface area contributed by atoms with Crippen molar-refractivity contribution in [1.29, 1.82) is 0 Å². The first-order chi connectivity index (χ1) is 8.09. The molecule has 0 amide bonds. The summed E-state index contributed by atoms with van der Waals surface area (Å²) in [7, 11) is -3.47. The standard InChI is InChI=1S/C12H18N2O2S/c13-12(10-6-2-1-3-7-10)17(15,16)14-11-8-4-5-9-11/h1-3,6-7,11-12,14H,4-5,8-9,13H2/t12-/m0/s1. The van der Waals surface area contributed by atoms with Gasteiger partial charge in [-0.15, -0.1) is 0 Å². The van der Waals surface area contributed by atoms with Crippen LogP contribution in [0.1, 0.15) is 36.6 Å². The molecule has 4 nitrogen and oxygen atoms in total. The van der Waals surface area contributed by atoms with E-state index in [1.165, 1.54) is 0 Å². The Balaban J connectivity index is 2.09. The van der Waals surface area contributed by atoms with E-state index in [2.05, 4.69) is 4.72 Å². The third-order valence-corrected chi connectivity index (χ3v) is 4.75. The number of hydrogen-bond donors (Lipinski definition) is 2. The molecule has 94 valence electrons. The molecule has 5 heteroatoms. The van der Waals surface area contributed by atoms with Crippen molar-refractivity contribution in [3.8, 4) is 0 Å². The molecule has 0 saturated heterocycles. The fraction of sp³-hybridized carbons (Fsp3) is 0.500. The summed E-state index contributed by atoms with van der Waals surface area (Å²) in [6, 6.07) is 8.96. The molecule has 0 aliphatic heterocycles. The summed E-state index contributed by atoms with van der Waals surface area (Å²) in [4.78, 5) is 0.